The minimum absolute atomic E-state index is 0.0663. The SMILES string of the molecule is COc1ccc([C@H](C(C)C)[C@H](C)OC(=O)[C@H](C)NC(=O)c2nccc(OC)c2OC(C)=O)c(C)c1. The number of amides is 1. The number of esters is 2. The maximum atomic E-state index is 12.9. The lowest BCUT2D eigenvalue weighted by molar-refractivity contribution is -0.151. The number of rotatable bonds is 10. The quantitative estimate of drug-likeness (QED) is 0.504. The van der Waals surface area contributed by atoms with Crippen molar-refractivity contribution in [1.82, 2.24) is 10.3 Å². The molecule has 0 bridgehead atoms. The van der Waals surface area contributed by atoms with Gasteiger partial charge in [-0.25, -0.2) is 9.78 Å². The van der Waals surface area contributed by atoms with Crippen LogP contribution in [0, 0.1) is 12.8 Å². The van der Waals surface area contributed by atoms with E-state index in [1.54, 1.807) is 7.11 Å². The second kappa shape index (κ2) is 12.2. The summed E-state index contributed by atoms with van der Waals surface area (Å²) in [5.74, 6) is -1.02. The van der Waals surface area contributed by atoms with Gasteiger partial charge in [-0.3, -0.25) is 9.59 Å². The number of nitrogens with one attached hydrogen (secondary N) is 1. The van der Waals surface area contributed by atoms with Crippen LogP contribution in [0.2, 0.25) is 0 Å². The fourth-order valence-electron chi connectivity index (χ4n) is 3.98. The number of hydrogen-bond donors (Lipinski definition) is 1. The molecule has 0 spiro atoms. The zero-order valence-electron chi connectivity index (χ0n) is 21.5. The molecule has 0 unspecified atom stereocenters. The molecule has 1 heterocycles. The fourth-order valence-corrected chi connectivity index (χ4v) is 3.98. The Morgan fingerprint density at radius 3 is 2.23 bits per heavy atom. The number of pyridine rings is 1. The van der Waals surface area contributed by atoms with Crippen LogP contribution in [-0.4, -0.2) is 49.2 Å². The van der Waals surface area contributed by atoms with Crippen LogP contribution in [-0.2, 0) is 14.3 Å². The molecule has 190 valence electrons. The molecule has 0 saturated carbocycles. The van der Waals surface area contributed by atoms with Crippen molar-refractivity contribution in [2.75, 3.05) is 14.2 Å². The van der Waals surface area contributed by atoms with Gasteiger partial charge in [0.15, 0.2) is 11.4 Å². The highest BCUT2D eigenvalue weighted by atomic mass is 16.6. The highest BCUT2D eigenvalue weighted by molar-refractivity contribution is 5.98. The van der Waals surface area contributed by atoms with E-state index < -0.39 is 30.0 Å². The number of aromatic nitrogens is 1. The van der Waals surface area contributed by atoms with Crippen molar-refractivity contribution >= 4 is 17.8 Å². The summed E-state index contributed by atoms with van der Waals surface area (Å²) in [6, 6.07) is 6.30. The molecule has 9 nitrogen and oxygen atoms in total. The van der Waals surface area contributed by atoms with Gasteiger partial charge in [0.1, 0.15) is 17.9 Å². The van der Waals surface area contributed by atoms with Crippen molar-refractivity contribution < 1.29 is 33.3 Å². The molecular weight excluding hydrogens is 452 g/mol. The third kappa shape index (κ3) is 6.94. The number of carbonyl (C=O) groups is 3. The van der Waals surface area contributed by atoms with Gasteiger partial charge in [0.25, 0.3) is 5.91 Å². The number of aryl methyl sites for hydroxylation is 1. The zero-order chi connectivity index (χ0) is 26.3. The van der Waals surface area contributed by atoms with Gasteiger partial charge < -0.3 is 24.3 Å². The topological polar surface area (TPSA) is 113 Å². The van der Waals surface area contributed by atoms with E-state index in [4.69, 9.17) is 18.9 Å². The molecule has 3 atom stereocenters. The van der Waals surface area contributed by atoms with Crippen LogP contribution < -0.4 is 19.5 Å². The molecule has 2 rings (SSSR count). The second-order valence-corrected chi connectivity index (χ2v) is 8.61. The Labute approximate surface area is 206 Å². The Kier molecular flexibility index (Phi) is 9.62. The second-order valence-electron chi connectivity index (χ2n) is 8.61. The summed E-state index contributed by atoms with van der Waals surface area (Å²) in [6.45, 7) is 10.7. The van der Waals surface area contributed by atoms with Crippen LogP contribution in [0.25, 0.3) is 0 Å². The number of nitrogens with zero attached hydrogens (tertiary/aromatic N) is 1. The fraction of sp³-hybridized carbons (Fsp3) is 0.462. The standard InChI is InChI=1S/C26H34N2O7/c1-14(2)22(20-10-9-19(32-7)13-15(20)3)17(5)34-26(31)16(4)28-25(30)23-24(35-18(6)29)21(33-8)11-12-27-23/h9-14,16-17,22H,1-8H3,(H,28,30)/t16-,17-,22+/m0/s1. The summed E-state index contributed by atoms with van der Waals surface area (Å²) in [5, 5.41) is 2.56. The van der Waals surface area contributed by atoms with E-state index in [-0.39, 0.29) is 29.0 Å². The first-order valence-corrected chi connectivity index (χ1v) is 11.4. The van der Waals surface area contributed by atoms with Crippen LogP contribution in [0.4, 0.5) is 0 Å². The van der Waals surface area contributed by atoms with Crippen molar-refractivity contribution in [3.63, 3.8) is 0 Å². The number of ether oxygens (including phenoxy) is 4. The van der Waals surface area contributed by atoms with Crippen molar-refractivity contribution in [2.45, 2.75) is 59.6 Å². The van der Waals surface area contributed by atoms with Crippen molar-refractivity contribution in [1.29, 1.82) is 0 Å². The Bertz CT molecular complexity index is 1070. The van der Waals surface area contributed by atoms with E-state index >= 15 is 0 Å². The van der Waals surface area contributed by atoms with E-state index in [1.807, 2.05) is 32.0 Å². The highest BCUT2D eigenvalue weighted by Crippen LogP contribution is 2.34. The van der Waals surface area contributed by atoms with E-state index in [2.05, 4.69) is 24.1 Å². The molecular formula is C26H34N2O7. The average molecular weight is 487 g/mol. The Morgan fingerprint density at radius 1 is 1.00 bits per heavy atom. The maximum absolute atomic E-state index is 12.9. The van der Waals surface area contributed by atoms with Gasteiger partial charge in [-0.15, -0.1) is 0 Å². The van der Waals surface area contributed by atoms with Crippen molar-refractivity contribution in [3.05, 3.63) is 47.3 Å². The number of carbonyl (C=O) groups excluding carboxylic acids is 3. The smallest absolute Gasteiger partial charge is 0.328 e. The molecule has 0 saturated heterocycles. The van der Waals surface area contributed by atoms with Crippen molar-refractivity contribution in [3.8, 4) is 17.2 Å². The Morgan fingerprint density at radius 2 is 1.69 bits per heavy atom. The maximum Gasteiger partial charge on any atom is 0.328 e. The molecule has 1 amide bonds. The molecule has 0 aliphatic rings. The average Bonchev–Trinajstić information content (AvgIpc) is 2.79. The molecule has 0 aliphatic carbocycles. The molecule has 35 heavy (non-hydrogen) atoms. The molecule has 0 aliphatic heterocycles. The van der Waals surface area contributed by atoms with Gasteiger partial charge in [-0.1, -0.05) is 19.9 Å². The lowest BCUT2D eigenvalue weighted by Gasteiger charge is -2.30. The molecule has 1 N–H and O–H groups in total. The summed E-state index contributed by atoms with van der Waals surface area (Å²) in [4.78, 5) is 41.2. The Balaban J connectivity index is 2.17. The summed E-state index contributed by atoms with van der Waals surface area (Å²) < 4.78 is 21.3. The number of hydrogen-bond acceptors (Lipinski definition) is 8. The third-order valence-electron chi connectivity index (χ3n) is 5.61. The lowest BCUT2D eigenvalue weighted by Crippen LogP contribution is -2.42. The first kappa shape index (κ1) is 27.6. The largest absolute Gasteiger partial charge is 0.497 e. The van der Waals surface area contributed by atoms with Crippen molar-refractivity contribution in [2.24, 2.45) is 5.92 Å². The number of benzene rings is 1. The van der Waals surface area contributed by atoms with Crippen LogP contribution in [0.5, 0.6) is 17.2 Å². The molecule has 1 aromatic carbocycles. The summed E-state index contributed by atoms with van der Waals surface area (Å²) in [6.07, 6.45) is 0.886. The van der Waals surface area contributed by atoms with E-state index in [1.165, 1.54) is 33.2 Å². The van der Waals surface area contributed by atoms with Crippen LogP contribution >= 0.6 is 0 Å². The van der Waals surface area contributed by atoms with E-state index in [9.17, 15) is 14.4 Å². The van der Waals surface area contributed by atoms with Gasteiger partial charge >= 0.3 is 11.9 Å². The first-order valence-electron chi connectivity index (χ1n) is 11.4. The molecule has 0 fully saturated rings. The predicted molar refractivity (Wildman–Crippen MR) is 130 cm³/mol. The molecule has 9 heteroatoms. The van der Waals surface area contributed by atoms with E-state index in [0.29, 0.717) is 0 Å². The van der Waals surface area contributed by atoms with Gasteiger partial charge in [0.05, 0.1) is 14.2 Å². The minimum Gasteiger partial charge on any atom is -0.497 e. The number of methoxy groups -OCH3 is 2. The van der Waals surface area contributed by atoms with E-state index in [0.717, 1.165) is 16.9 Å². The molecule has 2 aromatic rings. The van der Waals surface area contributed by atoms with Gasteiger partial charge in [-0.2, -0.15) is 0 Å². The lowest BCUT2D eigenvalue weighted by atomic mass is 9.82. The van der Waals surface area contributed by atoms with Crippen LogP contribution in [0.1, 0.15) is 62.2 Å². The normalized spacial score (nSPS) is 13.4. The van der Waals surface area contributed by atoms with Gasteiger partial charge in [-0.05, 0) is 49.9 Å². The monoisotopic (exact) mass is 486 g/mol. The summed E-state index contributed by atoms with van der Waals surface area (Å²) >= 11 is 0. The Hall–Kier alpha value is -3.62. The highest BCUT2D eigenvalue weighted by Gasteiger charge is 2.30. The molecule has 1 aromatic heterocycles. The van der Waals surface area contributed by atoms with Gasteiger partial charge in [0, 0.05) is 25.1 Å². The first-order chi connectivity index (χ1) is 16.5. The van der Waals surface area contributed by atoms with Crippen LogP contribution in [0.15, 0.2) is 30.5 Å². The summed E-state index contributed by atoms with van der Waals surface area (Å²) in [7, 11) is 2.99. The van der Waals surface area contributed by atoms with Gasteiger partial charge in [0.2, 0.25) is 5.75 Å². The molecule has 0 radical (unpaired) electrons. The summed E-state index contributed by atoms with van der Waals surface area (Å²) in [5.41, 5.74) is 1.92. The van der Waals surface area contributed by atoms with Crippen LogP contribution in [0.3, 0.4) is 0 Å². The third-order valence-corrected chi connectivity index (χ3v) is 5.61. The zero-order valence-corrected chi connectivity index (χ0v) is 21.5. The minimum atomic E-state index is -0.979. The predicted octanol–water partition coefficient (Wildman–Crippen LogP) is 3.82.